The molecule has 0 bridgehead atoms. The van der Waals surface area contributed by atoms with E-state index in [1.807, 2.05) is 6.92 Å². The van der Waals surface area contributed by atoms with Crippen molar-refractivity contribution in [3.63, 3.8) is 0 Å². The number of nitrogens with zero attached hydrogens (tertiary/aromatic N) is 3. The van der Waals surface area contributed by atoms with Gasteiger partial charge >= 0.3 is 0 Å². The van der Waals surface area contributed by atoms with Crippen molar-refractivity contribution in [1.29, 1.82) is 0 Å². The molecule has 0 unspecified atom stereocenters. The molecule has 29 heavy (non-hydrogen) atoms. The van der Waals surface area contributed by atoms with E-state index >= 15 is 0 Å². The molecule has 2 heterocycles. The minimum Gasteiger partial charge on any atom is -0.346 e. The molecule has 3 aromatic rings. The molecule has 7 nitrogen and oxygen atoms in total. The Bertz CT molecular complexity index is 1100. The average molecular weight is 453 g/mol. The zero-order valence-electron chi connectivity index (χ0n) is 15.6. The molecule has 146 valence electrons. The Labute approximate surface area is 175 Å². The second-order valence-electron chi connectivity index (χ2n) is 6.48. The standard InChI is InChI=1S/C21H17BrN4O3/c1-2-25-18(17(22)11-24-25)12-23-19(27)13-6-5-7-14(10-13)26-20(28)15-8-3-4-9-16(15)21(26)29/h3-11H,2,12H2,1H3,(H,23,27). The van der Waals surface area contributed by atoms with E-state index < -0.39 is 0 Å². The van der Waals surface area contributed by atoms with Gasteiger partial charge in [-0.05, 0) is 53.2 Å². The quantitative estimate of drug-likeness (QED) is 0.601. The van der Waals surface area contributed by atoms with Gasteiger partial charge in [-0.1, -0.05) is 18.2 Å². The number of aromatic nitrogens is 2. The molecule has 0 spiro atoms. The highest BCUT2D eigenvalue weighted by molar-refractivity contribution is 9.10. The summed E-state index contributed by atoms with van der Waals surface area (Å²) >= 11 is 3.43. The van der Waals surface area contributed by atoms with Crippen molar-refractivity contribution in [3.05, 3.63) is 81.6 Å². The van der Waals surface area contributed by atoms with Crippen LogP contribution in [0.5, 0.6) is 0 Å². The molecule has 1 aliphatic heterocycles. The molecule has 0 saturated carbocycles. The third kappa shape index (κ3) is 3.36. The fourth-order valence-corrected chi connectivity index (χ4v) is 3.75. The van der Waals surface area contributed by atoms with Crippen molar-refractivity contribution >= 4 is 39.3 Å². The van der Waals surface area contributed by atoms with Crippen LogP contribution in [0.15, 0.2) is 59.2 Å². The van der Waals surface area contributed by atoms with Crippen LogP contribution in [0, 0.1) is 0 Å². The van der Waals surface area contributed by atoms with Gasteiger partial charge in [0.1, 0.15) is 0 Å². The van der Waals surface area contributed by atoms with Gasteiger partial charge in [0.05, 0.1) is 39.7 Å². The molecular weight excluding hydrogens is 436 g/mol. The Balaban J connectivity index is 1.55. The van der Waals surface area contributed by atoms with Gasteiger partial charge in [-0.25, -0.2) is 4.90 Å². The Morgan fingerprint density at radius 3 is 2.41 bits per heavy atom. The smallest absolute Gasteiger partial charge is 0.266 e. The van der Waals surface area contributed by atoms with E-state index in [0.717, 1.165) is 15.1 Å². The number of halogens is 1. The molecule has 8 heteroatoms. The number of benzene rings is 2. The Morgan fingerprint density at radius 1 is 1.07 bits per heavy atom. The normalized spacial score (nSPS) is 13.0. The molecule has 0 atom stereocenters. The highest BCUT2D eigenvalue weighted by Gasteiger charge is 2.36. The molecule has 1 aliphatic rings. The van der Waals surface area contributed by atoms with E-state index in [1.54, 1.807) is 59.4 Å². The van der Waals surface area contributed by atoms with Gasteiger partial charge in [0, 0.05) is 12.1 Å². The SMILES string of the molecule is CCn1ncc(Br)c1CNC(=O)c1cccc(N2C(=O)c3ccccc3C2=O)c1. The number of nitrogens with one attached hydrogen (secondary N) is 1. The first-order chi connectivity index (χ1) is 14.0. The summed E-state index contributed by atoms with van der Waals surface area (Å²) in [5, 5.41) is 7.08. The number of fused-ring (bicyclic) bond motifs is 1. The molecule has 0 radical (unpaired) electrons. The van der Waals surface area contributed by atoms with Crippen molar-refractivity contribution in [1.82, 2.24) is 15.1 Å². The number of hydrogen-bond donors (Lipinski definition) is 1. The van der Waals surface area contributed by atoms with Crippen molar-refractivity contribution in [2.24, 2.45) is 0 Å². The Hall–Kier alpha value is -3.26. The summed E-state index contributed by atoms with van der Waals surface area (Å²) in [6.07, 6.45) is 1.69. The lowest BCUT2D eigenvalue weighted by molar-refractivity contribution is 0.0919. The lowest BCUT2D eigenvalue weighted by Crippen LogP contribution is -2.30. The monoisotopic (exact) mass is 452 g/mol. The van der Waals surface area contributed by atoms with Crippen LogP contribution in [-0.4, -0.2) is 27.5 Å². The lowest BCUT2D eigenvalue weighted by Gasteiger charge is -2.15. The third-order valence-corrected chi connectivity index (χ3v) is 5.44. The van der Waals surface area contributed by atoms with Crippen molar-refractivity contribution < 1.29 is 14.4 Å². The van der Waals surface area contributed by atoms with Crippen LogP contribution in [0.1, 0.15) is 43.7 Å². The summed E-state index contributed by atoms with van der Waals surface area (Å²) in [5.41, 5.74) is 2.31. The number of imide groups is 1. The number of anilines is 1. The molecule has 0 aliphatic carbocycles. The Morgan fingerprint density at radius 2 is 1.76 bits per heavy atom. The summed E-state index contributed by atoms with van der Waals surface area (Å²) in [4.78, 5) is 39.1. The van der Waals surface area contributed by atoms with Gasteiger partial charge in [-0.2, -0.15) is 5.10 Å². The first-order valence-corrected chi connectivity index (χ1v) is 9.86. The average Bonchev–Trinajstić information content (AvgIpc) is 3.23. The third-order valence-electron chi connectivity index (χ3n) is 4.77. The summed E-state index contributed by atoms with van der Waals surface area (Å²) in [6, 6.07) is 13.2. The maximum absolute atomic E-state index is 12.7. The van der Waals surface area contributed by atoms with Crippen molar-refractivity contribution in [2.45, 2.75) is 20.0 Å². The number of hydrogen-bond acceptors (Lipinski definition) is 4. The highest BCUT2D eigenvalue weighted by Crippen LogP contribution is 2.28. The van der Waals surface area contributed by atoms with Crippen LogP contribution < -0.4 is 10.2 Å². The van der Waals surface area contributed by atoms with Gasteiger partial charge in [-0.15, -0.1) is 0 Å². The second kappa shape index (κ2) is 7.63. The summed E-state index contributed by atoms with van der Waals surface area (Å²) in [6.45, 7) is 2.95. The van der Waals surface area contributed by atoms with Crippen LogP contribution in [0.2, 0.25) is 0 Å². The van der Waals surface area contributed by atoms with E-state index in [1.165, 1.54) is 0 Å². The van der Waals surface area contributed by atoms with E-state index in [-0.39, 0.29) is 17.7 Å². The summed E-state index contributed by atoms with van der Waals surface area (Å²) < 4.78 is 2.61. The maximum Gasteiger partial charge on any atom is 0.266 e. The fourth-order valence-electron chi connectivity index (χ4n) is 3.31. The van der Waals surface area contributed by atoms with E-state index in [4.69, 9.17) is 0 Å². The van der Waals surface area contributed by atoms with E-state index in [2.05, 4.69) is 26.3 Å². The van der Waals surface area contributed by atoms with Gasteiger partial charge in [0.15, 0.2) is 0 Å². The van der Waals surface area contributed by atoms with Crippen LogP contribution in [0.4, 0.5) is 5.69 Å². The first-order valence-electron chi connectivity index (χ1n) is 9.07. The number of carbonyl (C=O) groups excluding carboxylic acids is 3. The molecule has 4 rings (SSSR count). The fraction of sp³-hybridized carbons (Fsp3) is 0.143. The predicted molar refractivity (Wildman–Crippen MR) is 111 cm³/mol. The largest absolute Gasteiger partial charge is 0.346 e. The molecule has 2 aromatic carbocycles. The number of aryl methyl sites for hydroxylation is 1. The molecule has 1 N–H and O–H groups in total. The molecule has 0 fully saturated rings. The van der Waals surface area contributed by atoms with E-state index in [9.17, 15) is 14.4 Å². The Kier molecular flexibility index (Phi) is 5.02. The molecule has 1 aromatic heterocycles. The summed E-state index contributed by atoms with van der Waals surface area (Å²) in [7, 11) is 0. The topological polar surface area (TPSA) is 84.3 Å². The number of carbonyl (C=O) groups is 3. The van der Waals surface area contributed by atoms with Gasteiger partial charge in [0.2, 0.25) is 0 Å². The molecular formula is C21H17BrN4O3. The van der Waals surface area contributed by atoms with Crippen molar-refractivity contribution in [3.8, 4) is 0 Å². The van der Waals surface area contributed by atoms with Crippen molar-refractivity contribution in [2.75, 3.05) is 4.90 Å². The zero-order chi connectivity index (χ0) is 20.5. The number of rotatable bonds is 5. The lowest BCUT2D eigenvalue weighted by atomic mass is 10.1. The highest BCUT2D eigenvalue weighted by atomic mass is 79.9. The first kappa shape index (κ1) is 19.1. The molecule has 0 saturated heterocycles. The van der Waals surface area contributed by atoms with Gasteiger partial charge in [-0.3, -0.25) is 19.1 Å². The minimum absolute atomic E-state index is 0.296. The number of amides is 3. The van der Waals surface area contributed by atoms with Gasteiger partial charge in [0.25, 0.3) is 17.7 Å². The zero-order valence-corrected chi connectivity index (χ0v) is 17.1. The maximum atomic E-state index is 12.7. The molecule has 3 amide bonds. The van der Waals surface area contributed by atoms with Crippen LogP contribution in [0.3, 0.4) is 0 Å². The van der Waals surface area contributed by atoms with Crippen LogP contribution >= 0.6 is 15.9 Å². The summed E-state index contributed by atoms with van der Waals surface area (Å²) in [5.74, 6) is -1.09. The van der Waals surface area contributed by atoms with E-state index in [0.29, 0.717) is 35.5 Å². The van der Waals surface area contributed by atoms with Crippen LogP contribution in [-0.2, 0) is 13.1 Å². The second-order valence-corrected chi connectivity index (χ2v) is 7.33. The minimum atomic E-state index is -0.390. The predicted octanol–water partition coefficient (Wildman–Crippen LogP) is 3.40. The van der Waals surface area contributed by atoms with Gasteiger partial charge < -0.3 is 5.32 Å². The van der Waals surface area contributed by atoms with Crippen LogP contribution in [0.25, 0.3) is 0 Å².